The molecule has 0 saturated carbocycles. The van der Waals surface area contributed by atoms with Gasteiger partial charge in [-0.25, -0.2) is 4.79 Å². The number of likely N-dealkylation sites (N-methyl/N-ethyl adjacent to an activating group) is 2. The molecule has 0 unspecified atom stereocenters. The van der Waals surface area contributed by atoms with Crippen molar-refractivity contribution in [2.75, 3.05) is 44.5 Å². The van der Waals surface area contributed by atoms with Crippen LogP contribution in [0.5, 0.6) is 5.75 Å². The summed E-state index contributed by atoms with van der Waals surface area (Å²) in [5, 5.41) is 2.77. The molecule has 26 heavy (non-hydrogen) atoms. The molecule has 2 amide bonds. The van der Waals surface area contributed by atoms with Crippen LogP contribution in [-0.2, 0) is 9.53 Å². The van der Waals surface area contributed by atoms with Crippen LogP contribution in [0.15, 0.2) is 30.9 Å². The first kappa shape index (κ1) is 21.3. The Labute approximate surface area is 155 Å². The molecule has 0 aliphatic carbocycles. The van der Waals surface area contributed by atoms with Gasteiger partial charge >= 0.3 is 6.09 Å². The first-order valence-corrected chi connectivity index (χ1v) is 8.34. The third kappa shape index (κ3) is 6.66. The summed E-state index contributed by atoms with van der Waals surface area (Å²) in [5.41, 5.74) is 0.877. The van der Waals surface area contributed by atoms with Crippen LogP contribution in [0.3, 0.4) is 0 Å². The zero-order chi connectivity index (χ0) is 19.9. The molecule has 7 nitrogen and oxygen atoms in total. The standard InChI is InChI=1S/C19H29N3O4/c1-8-17(23)20-15-10-9-14(25-7)13-16(15)21(5)11-12-22(6)18(24)26-19(2,3)4/h8-10,13H,1,11-12H2,2-7H3,(H,20,23). The Morgan fingerprint density at radius 3 is 2.42 bits per heavy atom. The lowest BCUT2D eigenvalue weighted by Crippen LogP contribution is -2.38. The fraction of sp³-hybridized carbons (Fsp3) is 0.474. The molecule has 0 radical (unpaired) electrons. The molecule has 0 aliphatic rings. The van der Waals surface area contributed by atoms with Gasteiger partial charge in [0.25, 0.3) is 0 Å². The largest absolute Gasteiger partial charge is 0.497 e. The Hall–Kier alpha value is -2.70. The topological polar surface area (TPSA) is 71.1 Å². The highest BCUT2D eigenvalue weighted by atomic mass is 16.6. The van der Waals surface area contributed by atoms with Gasteiger partial charge in [-0.1, -0.05) is 6.58 Å². The fourth-order valence-corrected chi connectivity index (χ4v) is 2.10. The maximum Gasteiger partial charge on any atom is 0.410 e. The molecule has 0 heterocycles. The number of amides is 2. The van der Waals surface area contributed by atoms with Gasteiger partial charge in [0, 0.05) is 33.3 Å². The van der Waals surface area contributed by atoms with Crippen LogP contribution in [0.2, 0.25) is 0 Å². The maximum absolute atomic E-state index is 12.1. The van der Waals surface area contributed by atoms with Crippen molar-refractivity contribution in [3.8, 4) is 5.75 Å². The van der Waals surface area contributed by atoms with E-state index in [0.717, 1.165) is 5.69 Å². The number of hydrogen-bond donors (Lipinski definition) is 1. The average molecular weight is 363 g/mol. The molecular weight excluding hydrogens is 334 g/mol. The van der Waals surface area contributed by atoms with E-state index in [1.807, 2.05) is 38.8 Å². The van der Waals surface area contributed by atoms with Gasteiger partial charge in [0.2, 0.25) is 5.91 Å². The van der Waals surface area contributed by atoms with Crippen molar-refractivity contribution in [2.45, 2.75) is 26.4 Å². The molecule has 0 bridgehead atoms. The Morgan fingerprint density at radius 1 is 1.23 bits per heavy atom. The first-order valence-electron chi connectivity index (χ1n) is 8.34. The fourth-order valence-electron chi connectivity index (χ4n) is 2.10. The molecule has 0 aliphatic heterocycles. The molecule has 0 fully saturated rings. The Kier molecular flexibility index (Phi) is 7.49. The minimum Gasteiger partial charge on any atom is -0.497 e. The molecule has 0 spiro atoms. The number of anilines is 2. The Bertz CT molecular complexity index is 653. The van der Waals surface area contributed by atoms with Gasteiger partial charge in [0.15, 0.2) is 0 Å². The maximum atomic E-state index is 12.1. The second kappa shape index (κ2) is 9.12. The number of ether oxygens (including phenoxy) is 2. The smallest absolute Gasteiger partial charge is 0.410 e. The summed E-state index contributed by atoms with van der Waals surface area (Å²) in [6.45, 7) is 9.95. The molecule has 1 aromatic rings. The minimum absolute atomic E-state index is 0.296. The molecule has 7 heteroatoms. The van der Waals surface area contributed by atoms with Crippen LogP contribution in [-0.4, -0.2) is 56.8 Å². The van der Waals surface area contributed by atoms with Crippen LogP contribution < -0.4 is 15.0 Å². The number of carbonyl (C=O) groups excluding carboxylic acids is 2. The number of hydrogen-bond acceptors (Lipinski definition) is 5. The Balaban J connectivity index is 2.84. The molecule has 1 N–H and O–H groups in total. The zero-order valence-electron chi connectivity index (χ0n) is 16.5. The summed E-state index contributed by atoms with van der Waals surface area (Å²) in [7, 11) is 5.15. The number of rotatable bonds is 7. The number of methoxy groups -OCH3 is 1. The second-order valence-corrected chi connectivity index (χ2v) is 6.90. The molecule has 0 aromatic heterocycles. The second-order valence-electron chi connectivity index (χ2n) is 6.90. The van der Waals surface area contributed by atoms with Crippen molar-refractivity contribution in [3.05, 3.63) is 30.9 Å². The van der Waals surface area contributed by atoms with Crippen molar-refractivity contribution in [3.63, 3.8) is 0 Å². The molecule has 0 saturated heterocycles. The highest BCUT2D eigenvalue weighted by Gasteiger charge is 2.20. The van der Waals surface area contributed by atoms with Crippen LogP contribution in [0.25, 0.3) is 0 Å². The number of nitrogens with one attached hydrogen (secondary N) is 1. The van der Waals surface area contributed by atoms with Gasteiger partial charge in [0.1, 0.15) is 11.4 Å². The predicted molar refractivity (Wildman–Crippen MR) is 104 cm³/mol. The molecule has 144 valence electrons. The van der Waals surface area contributed by atoms with E-state index in [1.165, 1.54) is 11.0 Å². The van der Waals surface area contributed by atoms with Gasteiger partial charge in [-0.05, 0) is 39.0 Å². The van der Waals surface area contributed by atoms with E-state index < -0.39 is 5.60 Å². The van der Waals surface area contributed by atoms with Crippen molar-refractivity contribution in [2.24, 2.45) is 0 Å². The monoisotopic (exact) mass is 363 g/mol. The number of carbonyl (C=O) groups is 2. The van der Waals surface area contributed by atoms with E-state index in [1.54, 1.807) is 26.3 Å². The number of nitrogens with zero attached hydrogens (tertiary/aromatic N) is 2. The minimum atomic E-state index is -0.536. The lowest BCUT2D eigenvalue weighted by atomic mass is 10.2. The van der Waals surface area contributed by atoms with Crippen LogP contribution >= 0.6 is 0 Å². The van der Waals surface area contributed by atoms with Gasteiger partial charge in [0.05, 0.1) is 18.5 Å². The molecular formula is C19H29N3O4. The molecule has 1 rings (SSSR count). The summed E-state index contributed by atoms with van der Waals surface area (Å²) < 4.78 is 10.6. The van der Waals surface area contributed by atoms with E-state index in [9.17, 15) is 9.59 Å². The summed E-state index contributed by atoms with van der Waals surface area (Å²) in [6, 6.07) is 5.36. The summed E-state index contributed by atoms with van der Waals surface area (Å²) in [5.74, 6) is 0.375. The van der Waals surface area contributed by atoms with Gasteiger partial charge in [-0.15, -0.1) is 0 Å². The summed E-state index contributed by atoms with van der Waals surface area (Å²) in [4.78, 5) is 27.2. The van der Waals surface area contributed by atoms with E-state index in [2.05, 4.69) is 11.9 Å². The quantitative estimate of drug-likeness (QED) is 0.754. The molecule has 1 aromatic carbocycles. The van der Waals surface area contributed by atoms with Crippen molar-refractivity contribution in [1.29, 1.82) is 0 Å². The third-order valence-corrected chi connectivity index (χ3v) is 3.54. The summed E-state index contributed by atoms with van der Waals surface area (Å²) in [6.07, 6.45) is 0.835. The van der Waals surface area contributed by atoms with E-state index in [0.29, 0.717) is 24.5 Å². The molecule has 0 atom stereocenters. The van der Waals surface area contributed by atoms with Crippen LogP contribution in [0.4, 0.5) is 16.2 Å². The highest BCUT2D eigenvalue weighted by Crippen LogP contribution is 2.29. The average Bonchev–Trinajstić information content (AvgIpc) is 2.57. The van der Waals surface area contributed by atoms with Gasteiger partial charge in [-0.3, -0.25) is 4.79 Å². The lowest BCUT2D eigenvalue weighted by Gasteiger charge is -2.28. The first-order chi connectivity index (χ1) is 12.1. The predicted octanol–water partition coefficient (Wildman–Crippen LogP) is 3.12. The van der Waals surface area contributed by atoms with E-state index in [-0.39, 0.29) is 12.0 Å². The number of benzene rings is 1. The summed E-state index contributed by atoms with van der Waals surface area (Å²) >= 11 is 0. The van der Waals surface area contributed by atoms with Crippen molar-refractivity contribution < 1.29 is 19.1 Å². The van der Waals surface area contributed by atoms with E-state index >= 15 is 0 Å². The lowest BCUT2D eigenvalue weighted by molar-refractivity contribution is -0.111. The third-order valence-electron chi connectivity index (χ3n) is 3.54. The Morgan fingerprint density at radius 2 is 1.88 bits per heavy atom. The van der Waals surface area contributed by atoms with Crippen molar-refractivity contribution in [1.82, 2.24) is 4.90 Å². The normalized spacial score (nSPS) is 10.7. The van der Waals surface area contributed by atoms with Crippen LogP contribution in [0, 0.1) is 0 Å². The zero-order valence-corrected chi connectivity index (χ0v) is 16.5. The van der Waals surface area contributed by atoms with Gasteiger partial charge in [-0.2, -0.15) is 0 Å². The SMILES string of the molecule is C=CC(=O)Nc1ccc(OC)cc1N(C)CCN(C)C(=O)OC(C)(C)C. The van der Waals surface area contributed by atoms with Crippen LogP contribution in [0.1, 0.15) is 20.8 Å². The van der Waals surface area contributed by atoms with Gasteiger partial charge < -0.3 is 24.6 Å². The highest BCUT2D eigenvalue weighted by molar-refractivity contribution is 6.01. The van der Waals surface area contributed by atoms with Crippen molar-refractivity contribution >= 4 is 23.4 Å². The van der Waals surface area contributed by atoms with E-state index in [4.69, 9.17) is 9.47 Å².